The minimum absolute atomic E-state index is 0.0671. The number of carbonyl (C=O) groups excluding carboxylic acids is 1. The Labute approximate surface area is 141 Å². The van der Waals surface area contributed by atoms with Crippen LogP contribution in [-0.4, -0.2) is 42.3 Å². The Balaban J connectivity index is 1.52. The smallest absolute Gasteiger partial charge is 0.222 e. The number of likely N-dealkylation sites (N-methyl/N-ethyl adjacent to an activating group) is 1. The molecule has 2 aromatic rings. The van der Waals surface area contributed by atoms with Crippen LogP contribution in [0, 0.1) is 13.8 Å². The molecule has 0 aliphatic carbocycles. The number of carbonyl (C=O) groups is 1. The van der Waals surface area contributed by atoms with Gasteiger partial charge in [0.2, 0.25) is 5.91 Å². The number of hydrogen-bond acceptors (Lipinski definition) is 5. The summed E-state index contributed by atoms with van der Waals surface area (Å²) in [5.41, 5.74) is 1.87. The minimum atomic E-state index is -0.159. The number of ether oxygens (including phenoxy) is 2. The Kier molecular flexibility index (Phi) is 4.74. The lowest BCUT2D eigenvalue weighted by Gasteiger charge is -2.29. The predicted molar refractivity (Wildman–Crippen MR) is 88.3 cm³/mol. The second-order valence-corrected chi connectivity index (χ2v) is 6.07. The van der Waals surface area contributed by atoms with Crippen LogP contribution in [0.1, 0.15) is 23.4 Å². The van der Waals surface area contributed by atoms with E-state index in [0.29, 0.717) is 26.0 Å². The summed E-state index contributed by atoms with van der Waals surface area (Å²) >= 11 is 0. The van der Waals surface area contributed by atoms with E-state index >= 15 is 0 Å². The number of aromatic nitrogens is 1. The molecular formula is C18H22N2O4. The van der Waals surface area contributed by atoms with Crippen molar-refractivity contribution in [2.75, 3.05) is 20.2 Å². The number of amides is 1. The zero-order valence-electron chi connectivity index (χ0n) is 14.2. The van der Waals surface area contributed by atoms with Crippen molar-refractivity contribution in [1.29, 1.82) is 0 Å². The lowest BCUT2D eigenvalue weighted by molar-refractivity contribution is -0.131. The van der Waals surface area contributed by atoms with Gasteiger partial charge in [-0.25, -0.2) is 0 Å². The van der Waals surface area contributed by atoms with Crippen molar-refractivity contribution < 1.29 is 18.8 Å². The van der Waals surface area contributed by atoms with Crippen LogP contribution in [0.4, 0.5) is 0 Å². The number of benzene rings is 1. The highest BCUT2D eigenvalue weighted by molar-refractivity contribution is 5.76. The number of hydrogen-bond donors (Lipinski definition) is 0. The molecule has 1 aromatic heterocycles. The van der Waals surface area contributed by atoms with E-state index in [1.165, 1.54) is 0 Å². The highest BCUT2D eigenvalue weighted by Gasteiger charge is 2.23. The van der Waals surface area contributed by atoms with E-state index in [0.717, 1.165) is 28.5 Å². The second kappa shape index (κ2) is 6.95. The first-order chi connectivity index (χ1) is 11.5. The lowest BCUT2D eigenvalue weighted by atomic mass is 10.1. The quantitative estimate of drug-likeness (QED) is 0.843. The van der Waals surface area contributed by atoms with E-state index < -0.39 is 0 Å². The Morgan fingerprint density at radius 3 is 2.75 bits per heavy atom. The third kappa shape index (κ3) is 3.53. The van der Waals surface area contributed by atoms with Gasteiger partial charge < -0.3 is 18.9 Å². The summed E-state index contributed by atoms with van der Waals surface area (Å²) in [4.78, 5) is 14.1. The fraction of sp³-hybridized carbons (Fsp3) is 0.444. The largest absolute Gasteiger partial charge is 0.486 e. The molecule has 0 fully saturated rings. The average Bonchev–Trinajstić information content (AvgIpc) is 2.90. The van der Waals surface area contributed by atoms with E-state index in [1.807, 2.05) is 38.1 Å². The van der Waals surface area contributed by atoms with Crippen molar-refractivity contribution in [3.05, 3.63) is 41.3 Å². The van der Waals surface area contributed by atoms with Gasteiger partial charge in [0, 0.05) is 19.0 Å². The van der Waals surface area contributed by atoms with Crippen molar-refractivity contribution in [2.45, 2.75) is 32.8 Å². The molecule has 6 heteroatoms. The van der Waals surface area contributed by atoms with Gasteiger partial charge in [-0.1, -0.05) is 17.3 Å². The van der Waals surface area contributed by atoms with E-state index in [2.05, 4.69) is 5.16 Å². The Morgan fingerprint density at radius 2 is 2.04 bits per heavy atom. The summed E-state index contributed by atoms with van der Waals surface area (Å²) in [5.74, 6) is 2.33. The number of fused-ring (bicyclic) bond motifs is 1. The molecule has 0 spiro atoms. The highest BCUT2D eigenvalue weighted by Crippen LogP contribution is 2.31. The van der Waals surface area contributed by atoms with Crippen LogP contribution in [0.15, 0.2) is 28.8 Å². The van der Waals surface area contributed by atoms with Crippen molar-refractivity contribution >= 4 is 5.91 Å². The normalized spacial score (nSPS) is 16.0. The molecule has 0 N–H and O–H groups in total. The predicted octanol–water partition coefficient (Wildman–Crippen LogP) is 2.52. The van der Waals surface area contributed by atoms with Gasteiger partial charge in [-0.05, 0) is 32.4 Å². The average molecular weight is 330 g/mol. The zero-order chi connectivity index (χ0) is 17.1. The molecule has 1 atom stereocenters. The second-order valence-electron chi connectivity index (χ2n) is 6.07. The van der Waals surface area contributed by atoms with Crippen LogP contribution in [0.2, 0.25) is 0 Å². The molecule has 24 heavy (non-hydrogen) atoms. The third-order valence-electron chi connectivity index (χ3n) is 4.24. The van der Waals surface area contributed by atoms with Gasteiger partial charge in [-0.2, -0.15) is 0 Å². The number of nitrogens with zero attached hydrogens (tertiary/aromatic N) is 2. The van der Waals surface area contributed by atoms with Gasteiger partial charge in [-0.3, -0.25) is 4.79 Å². The van der Waals surface area contributed by atoms with Crippen molar-refractivity contribution in [1.82, 2.24) is 10.1 Å². The maximum Gasteiger partial charge on any atom is 0.222 e. The molecule has 0 bridgehead atoms. The summed E-state index contributed by atoms with van der Waals surface area (Å²) in [6.07, 6.45) is 0.895. The minimum Gasteiger partial charge on any atom is -0.486 e. The molecule has 1 amide bonds. The van der Waals surface area contributed by atoms with Crippen LogP contribution < -0.4 is 9.47 Å². The summed E-state index contributed by atoms with van der Waals surface area (Å²) in [6, 6.07) is 7.57. The van der Waals surface area contributed by atoms with Gasteiger partial charge in [-0.15, -0.1) is 0 Å². The summed E-state index contributed by atoms with van der Waals surface area (Å²) in [6.45, 7) is 4.70. The maximum absolute atomic E-state index is 12.4. The molecule has 0 saturated heterocycles. The highest BCUT2D eigenvalue weighted by atomic mass is 16.6. The van der Waals surface area contributed by atoms with Crippen molar-refractivity contribution in [3.63, 3.8) is 0 Å². The molecule has 2 heterocycles. The number of rotatable bonds is 5. The monoisotopic (exact) mass is 330 g/mol. The van der Waals surface area contributed by atoms with Crippen LogP contribution >= 0.6 is 0 Å². The van der Waals surface area contributed by atoms with Crippen LogP contribution in [0.25, 0.3) is 0 Å². The van der Waals surface area contributed by atoms with E-state index in [9.17, 15) is 4.79 Å². The zero-order valence-corrected chi connectivity index (χ0v) is 14.2. The fourth-order valence-electron chi connectivity index (χ4n) is 2.84. The molecule has 1 aliphatic rings. The molecule has 128 valence electrons. The summed E-state index contributed by atoms with van der Waals surface area (Å²) in [5, 5.41) is 3.92. The molecular weight excluding hydrogens is 308 g/mol. The Bertz CT molecular complexity index is 706. The van der Waals surface area contributed by atoms with E-state index in [4.69, 9.17) is 14.0 Å². The van der Waals surface area contributed by atoms with Gasteiger partial charge in [0.05, 0.1) is 12.2 Å². The van der Waals surface area contributed by atoms with Crippen LogP contribution in [-0.2, 0) is 11.2 Å². The first-order valence-electron chi connectivity index (χ1n) is 8.09. The Hall–Kier alpha value is -2.50. The SMILES string of the molecule is Cc1noc(C)c1CCC(=O)N(C)C[C@@H]1COc2ccccc2O1. The standard InChI is InChI=1S/C18H22N2O4/c1-12-15(13(2)24-19-12)8-9-18(21)20(3)10-14-11-22-16-6-4-5-7-17(16)23-14/h4-7,14H,8-11H2,1-3H3/t14-/m1/s1. The fourth-order valence-corrected chi connectivity index (χ4v) is 2.84. The topological polar surface area (TPSA) is 64.8 Å². The van der Waals surface area contributed by atoms with Crippen molar-refractivity contribution in [3.8, 4) is 11.5 Å². The first kappa shape index (κ1) is 16.4. The lowest BCUT2D eigenvalue weighted by Crippen LogP contribution is -2.41. The van der Waals surface area contributed by atoms with Crippen LogP contribution in [0.5, 0.6) is 11.5 Å². The molecule has 0 saturated carbocycles. The molecule has 6 nitrogen and oxygen atoms in total. The summed E-state index contributed by atoms with van der Waals surface area (Å²) in [7, 11) is 1.79. The molecule has 1 aliphatic heterocycles. The van der Waals surface area contributed by atoms with Crippen molar-refractivity contribution in [2.24, 2.45) is 0 Å². The molecule has 0 radical (unpaired) electrons. The van der Waals surface area contributed by atoms with Gasteiger partial charge >= 0.3 is 0 Å². The number of para-hydroxylation sites is 2. The molecule has 3 rings (SSSR count). The van der Waals surface area contributed by atoms with Gasteiger partial charge in [0.25, 0.3) is 0 Å². The number of aryl methyl sites for hydroxylation is 2. The molecule has 1 aromatic carbocycles. The maximum atomic E-state index is 12.4. The van der Waals surface area contributed by atoms with E-state index in [-0.39, 0.29) is 12.0 Å². The third-order valence-corrected chi connectivity index (χ3v) is 4.24. The van der Waals surface area contributed by atoms with Gasteiger partial charge in [0.1, 0.15) is 12.4 Å². The summed E-state index contributed by atoms with van der Waals surface area (Å²) < 4.78 is 16.7. The van der Waals surface area contributed by atoms with E-state index in [1.54, 1.807) is 11.9 Å². The van der Waals surface area contributed by atoms with Gasteiger partial charge in [0.15, 0.2) is 17.6 Å². The Morgan fingerprint density at radius 1 is 1.29 bits per heavy atom. The van der Waals surface area contributed by atoms with Crippen LogP contribution in [0.3, 0.4) is 0 Å². The molecule has 0 unspecified atom stereocenters. The first-order valence-corrected chi connectivity index (χ1v) is 8.09.